The molecule has 1 aromatic rings. The molecule has 3 heteroatoms. The molecular weight excluding hydrogens is 248 g/mol. The average molecular weight is 274 g/mol. The quantitative estimate of drug-likeness (QED) is 0.783. The molecule has 2 unspecified atom stereocenters. The zero-order valence-electron chi connectivity index (χ0n) is 12.6. The zero-order chi connectivity index (χ0) is 14.4. The fourth-order valence-corrected chi connectivity index (χ4v) is 2.85. The number of carbonyl (C=O) groups is 1. The Kier molecular flexibility index (Phi) is 5.60. The van der Waals surface area contributed by atoms with Gasteiger partial charge in [-0.1, -0.05) is 50.5 Å². The molecule has 2 rings (SSSR count). The van der Waals surface area contributed by atoms with E-state index >= 15 is 0 Å². The van der Waals surface area contributed by atoms with E-state index in [2.05, 4.69) is 36.6 Å². The number of hydrogen-bond acceptors (Lipinski definition) is 2. The molecule has 0 spiro atoms. The van der Waals surface area contributed by atoms with Crippen LogP contribution in [0.25, 0.3) is 0 Å². The number of amides is 1. The molecule has 0 fully saturated rings. The van der Waals surface area contributed by atoms with E-state index < -0.39 is 0 Å². The fraction of sp³-hybridized carbons (Fsp3) is 0.588. The molecule has 1 aliphatic rings. The van der Waals surface area contributed by atoms with Crippen molar-refractivity contribution in [3.8, 4) is 0 Å². The van der Waals surface area contributed by atoms with E-state index in [1.807, 2.05) is 12.1 Å². The SMILES string of the molecule is CCCCCC(C)NC(=O)C1CNCc2ccccc21. The van der Waals surface area contributed by atoms with E-state index in [1.165, 1.54) is 30.4 Å². The third-order valence-corrected chi connectivity index (χ3v) is 4.04. The second kappa shape index (κ2) is 7.44. The van der Waals surface area contributed by atoms with Crippen LogP contribution in [0.3, 0.4) is 0 Å². The van der Waals surface area contributed by atoms with Crippen LogP contribution in [-0.2, 0) is 11.3 Å². The second-order valence-electron chi connectivity index (χ2n) is 5.79. The van der Waals surface area contributed by atoms with Crippen LogP contribution >= 0.6 is 0 Å². The molecule has 0 saturated carbocycles. The van der Waals surface area contributed by atoms with E-state index in [1.54, 1.807) is 0 Å². The monoisotopic (exact) mass is 274 g/mol. The normalized spacial score (nSPS) is 19.2. The van der Waals surface area contributed by atoms with Crippen LogP contribution in [0.4, 0.5) is 0 Å². The lowest BCUT2D eigenvalue weighted by atomic mass is 9.90. The lowest BCUT2D eigenvalue weighted by Crippen LogP contribution is -2.42. The predicted octanol–water partition coefficient (Wildman–Crippen LogP) is 2.96. The largest absolute Gasteiger partial charge is 0.353 e. The van der Waals surface area contributed by atoms with Crippen molar-refractivity contribution in [2.45, 2.75) is 58.0 Å². The molecule has 20 heavy (non-hydrogen) atoms. The Bertz CT molecular complexity index is 444. The van der Waals surface area contributed by atoms with Crippen molar-refractivity contribution < 1.29 is 4.79 Å². The Morgan fingerprint density at radius 2 is 2.20 bits per heavy atom. The van der Waals surface area contributed by atoms with Gasteiger partial charge in [-0.05, 0) is 24.5 Å². The second-order valence-corrected chi connectivity index (χ2v) is 5.79. The molecule has 110 valence electrons. The molecule has 2 atom stereocenters. The molecule has 1 heterocycles. The van der Waals surface area contributed by atoms with Crippen LogP contribution in [0.5, 0.6) is 0 Å². The lowest BCUT2D eigenvalue weighted by molar-refractivity contribution is -0.123. The van der Waals surface area contributed by atoms with Crippen molar-refractivity contribution in [1.82, 2.24) is 10.6 Å². The van der Waals surface area contributed by atoms with Crippen molar-refractivity contribution in [1.29, 1.82) is 0 Å². The van der Waals surface area contributed by atoms with E-state index in [-0.39, 0.29) is 17.9 Å². The minimum absolute atomic E-state index is 0.0476. The fourth-order valence-electron chi connectivity index (χ4n) is 2.85. The number of benzene rings is 1. The number of rotatable bonds is 6. The molecule has 0 aliphatic carbocycles. The maximum Gasteiger partial charge on any atom is 0.229 e. The average Bonchev–Trinajstić information content (AvgIpc) is 2.47. The smallest absolute Gasteiger partial charge is 0.229 e. The minimum atomic E-state index is -0.0476. The Morgan fingerprint density at radius 3 is 3.00 bits per heavy atom. The number of nitrogens with one attached hydrogen (secondary N) is 2. The van der Waals surface area contributed by atoms with Crippen molar-refractivity contribution in [2.24, 2.45) is 0 Å². The first-order valence-corrected chi connectivity index (χ1v) is 7.81. The molecule has 0 radical (unpaired) electrons. The Labute approximate surface area is 122 Å². The van der Waals surface area contributed by atoms with Crippen molar-refractivity contribution in [3.05, 3.63) is 35.4 Å². The summed E-state index contributed by atoms with van der Waals surface area (Å²) in [4.78, 5) is 12.5. The summed E-state index contributed by atoms with van der Waals surface area (Å²) in [6, 6.07) is 8.51. The first-order valence-electron chi connectivity index (χ1n) is 7.81. The van der Waals surface area contributed by atoms with Crippen molar-refractivity contribution >= 4 is 5.91 Å². The van der Waals surface area contributed by atoms with Gasteiger partial charge in [0.15, 0.2) is 0 Å². The Hall–Kier alpha value is -1.35. The number of carbonyl (C=O) groups excluding carboxylic acids is 1. The van der Waals surface area contributed by atoms with E-state index in [0.717, 1.165) is 19.5 Å². The van der Waals surface area contributed by atoms with E-state index in [9.17, 15) is 4.79 Å². The van der Waals surface area contributed by atoms with Gasteiger partial charge in [0, 0.05) is 19.1 Å². The molecule has 0 bridgehead atoms. The summed E-state index contributed by atoms with van der Waals surface area (Å²) in [5, 5.41) is 6.51. The highest BCUT2D eigenvalue weighted by Gasteiger charge is 2.26. The Morgan fingerprint density at radius 1 is 1.40 bits per heavy atom. The van der Waals surface area contributed by atoms with Crippen LogP contribution in [-0.4, -0.2) is 18.5 Å². The first-order chi connectivity index (χ1) is 9.72. The summed E-state index contributed by atoms with van der Waals surface area (Å²) in [6.07, 6.45) is 4.73. The highest BCUT2D eigenvalue weighted by Crippen LogP contribution is 2.24. The number of unbranched alkanes of at least 4 members (excludes halogenated alkanes) is 2. The highest BCUT2D eigenvalue weighted by atomic mass is 16.2. The van der Waals surface area contributed by atoms with E-state index in [4.69, 9.17) is 0 Å². The van der Waals surface area contributed by atoms with Crippen LogP contribution in [0.2, 0.25) is 0 Å². The first kappa shape index (κ1) is 15.0. The summed E-state index contributed by atoms with van der Waals surface area (Å²) < 4.78 is 0. The van der Waals surface area contributed by atoms with Crippen molar-refractivity contribution in [3.63, 3.8) is 0 Å². The number of hydrogen-bond donors (Lipinski definition) is 2. The summed E-state index contributed by atoms with van der Waals surface area (Å²) in [6.45, 7) is 5.92. The molecule has 2 N–H and O–H groups in total. The van der Waals surface area contributed by atoms with Gasteiger partial charge >= 0.3 is 0 Å². The maximum atomic E-state index is 12.5. The molecular formula is C17H26N2O. The van der Waals surface area contributed by atoms with Gasteiger partial charge in [-0.2, -0.15) is 0 Å². The van der Waals surface area contributed by atoms with Gasteiger partial charge in [0.2, 0.25) is 5.91 Å². The van der Waals surface area contributed by atoms with Gasteiger partial charge < -0.3 is 10.6 Å². The van der Waals surface area contributed by atoms with Crippen LogP contribution in [0, 0.1) is 0 Å². The van der Waals surface area contributed by atoms with Crippen LogP contribution in [0.15, 0.2) is 24.3 Å². The summed E-state index contributed by atoms with van der Waals surface area (Å²) in [5.41, 5.74) is 2.43. The van der Waals surface area contributed by atoms with Gasteiger partial charge in [0.05, 0.1) is 5.92 Å². The predicted molar refractivity (Wildman–Crippen MR) is 82.6 cm³/mol. The summed E-state index contributed by atoms with van der Waals surface area (Å²) >= 11 is 0. The van der Waals surface area contributed by atoms with Gasteiger partial charge in [0.25, 0.3) is 0 Å². The lowest BCUT2D eigenvalue weighted by Gasteiger charge is -2.27. The Balaban J connectivity index is 1.93. The standard InChI is InChI=1S/C17H26N2O/c1-3-4-5-8-13(2)19-17(20)16-12-18-11-14-9-6-7-10-15(14)16/h6-7,9-10,13,16,18H,3-5,8,11-12H2,1-2H3,(H,19,20). The maximum absolute atomic E-state index is 12.5. The summed E-state index contributed by atoms with van der Waals surface area (Å²) in [7, 11) is 0. The highest BCUT2D eigenvalue weighted by molar-refractivity contribution is 5.84. The molecule has 1 aromatic carbocycles. The van der Waals surface area contributed by atoms with Gasteiger partial charge in [-0.15, -0.1) is 0 Å². The third-order valence-electron chi connectivity index (χ3n) is 4.04. The van der Waals surface area contributed by atoms with Crippen LogP contribution < -0.4 is 10.6 Å². The zero-order valence-corrected chi connectivity index (χ0v) is 12.6. The topological polar surface area (TPSA) is 41.1 Å². The van der Waals surface area contributed by atoms with Gasteiger partial charge in [-0.25, -0.2) is 0 Å². The third kappa shape index (κ3) is 3.83. The molecule has 0 saturated heterocycles. The minimum Gasteiger partial charge on any atom is -0.353 e. The van der Waals surface area contributed by atoms with Gasteiger partial charge in [-0.3, -0.25) is 4.79 Å². The van der Waals surface area contributed by atoms with E-state index in [0.29, 0.717) is 0 Å². The summed E-state index contributed by atoms with van der Waals surface area (Å²) in [5.74, 6) is 0.113. The van der Waals surface area contributed by atoms with Crippen LogP contribution in [0.1, 0.15) is 56.6 Å². The van der Waals surface area contributed by atoms with Gasteiger partial charge in [0.1, 0.15) is 0 Å². The molecule has 1 amide bonds. The molecule has 1 aliphatic heterocycles. The molecule has 0 aromatic heterocycles. The number of fused-ring (bicyclic) bond motifs is 1. The van der Waals surface area contributed by atoms with Crippen molar-refractivity contribution in [2.75, 3.05) is 6.54 Å². The molecule has 3 nitrogen and oxygen atoms in total.